The van der Waals surface area contributed by atoms with Crippen LogP contribution in [0.25, 0.3) is 82.4 Å². The van der Waals surface area contributed by atoms with Gasteiger partial charge in [0.1, 0.15) is 11.2 Å². The van der Waals surface area contributed by atoms with Crippen LogP contribution in [-0.2, 0) is 0 Å². The van der Waals surface area contributed by atoms with Crippen molar-refractivity contribution < 1.29 is 4.42 Å². The molecule has 11 rings (SSSR count). The first-order valence-electron chi connectivity index (χ1n) is 17.7. The van der Waals surface area contributed by atoms with Crippen LogP contribution < -0.4 is 4.90 Å². The number of anilines is 3. The molecule has 4 heteroatoms. The SMILES string of the molecule is c1ccc(-c2ccc(N(c3ccc4c(c3)[nH]c3ccccc34)c3cc4c(c5ccccc5n4-c4ccccc4)c4oc5ccccc5c34)cc2)cc1. The topological polar surface area (TPSA) is 37.1 Å². The molecule has 4 nitrogen and oxygen atoms in total. The summed E-state index contributed by atoms with van der Waals surface area (Å²) < 4.78 is 9.30. The van der Waals surface area contributed by atoms with E-state index in [1.165, 1.54) is 21.9 Å². The molecule has 0 fully saturated rings. The van der Waals surface area contributed by atoms with E-state index in [1.807, 2.05) is 0 Å². The van der Waals surface area contributed by atoms with Crippen molar-refractivity contribution in [3.05, 3.63) is 182 Å². The smallest absolute Gasteiger partial charge is 0.147 e. The van der Waals surface area contributed by atoms with Crippen molar-refractivity contribution in [1.82, 2.24) is 9.55 Å². The van der Waals surface area contributed by atoms with E-state index in [4.69, 9.17) is 4.42 Å². The number of para-hydroxylation sites is 4. The van der Waals surface area contributed by atoms with E-state index in [9.17, 15) is 0 Å². The molecule has 11 aromatic rings. The number of nitrogens with zero attached hydrogens (tertiary/aromatic N) is 2. The molecular weight excluding hydrogens is 635 g/mol. The summed E-state index contributed by atoms with van der Waals surface area (Å²) in [4.78, 5) is 6.10. The van der Waals surface area contributed by atoms with Crippen LogP contribution in [0.4, 0.5) is 17.1 Å². The zero-order valence-corrected chi connectivity index (χ0v) is 28.1. The molecule has 244 valence electrons. The van der Waals surface area contributed by atoms with E-state index in [0.717, 1.165) is 77.5 Å². The monoisotopic (exact) mass is 665 g/mol. The minimum atomic E-state index is 0.869. The van der Waals surface area contributed by atoms with E-state index < -0.39 is 0 Å². The standard InChI is InChI=1S/C48H31N3O/c1-3-13-31(14-4-1)32-23-25-34(26-24-32)50(35-27-28-37-36-17-7-10-20-40(36)49-41(37)29-35)43-30-44-46(48-47(43)39-19-9-12-22-45(39)52-48)38-18-8-11-21-42(38)51(44)33-15-5-2-6-16-33/h1-30,49H. The maximum atomic E-state index is 6.93. The van der Waals surface area contributed by atoms with Gasteiger partial charge in [-0.3, -0.25) is 0 Å². The Bertz CT molecular complexity index is 3110. The van der Waals surface area contributed by atoms with Gasteiger partial charge in [0.25, 0.3) is 0 Å². The molecule has 3 aromatic heterocycles. The van der Waals surface area contributed by atoms with E-state index in [2.05, 4.69) is 196 Å². The van der Waals surface area contributed by atoms with Gasteiger partial charge in [-0.25, -0.2) is 0 Å². The minimum Gasteiger partial charge on any atom is -0.455 e. The number of fused-ring (bicyclic) bond motifs is 10. The lowest BCUT2D eigenvalue weighted by Crippen LogP contribution is -2.10. The highest BCUT2D eigenvalue weighted by molar-refractivity contribution is 6.28. The maximum Gasteiger partial charge on any atom is 0.147 e. The van der Waals surface area contributed by atoms with E-state index in [1.54, 1.807) is 0 Å². The van der Waals surface area contributed by atoms with Crippen LogP contribution in [-0.4, -0.2) is 9.55 Å². The summed E-state index contributed by atoms with van der Waals surface area (Å²) in [5, 5.41) is 6.87. The number of H-pyrrole nitrogens is 1. The van der Waals surface area contributed by atoms with Crippen molar-refractivity contribution >= 4 is 82.6 Å². The number of hydrogen-bond donors (Lipinski definition) is 1. The van der Waals surface area contributed by atoms with Crippen molar-refractivity contribution in [3.63, 3.8) is 0 Å². The van der Waals surface area contributed by atoms with Crippen LogP contribution in [0.5, 0.6) is 0 Å². The molecule has 1 N–H and O–H groups in total. The van der Waals surface area contributed by atoms with Gasteiger partial charge in [-0.2, -0.15) is 0 Å². The largest absolute Gasteiger partial charge is 0.455 e. The third kappa shape index (κ3) is 4.28. The van der Waals surface area contributed by atoms with Crippen molar-refractivity contribution in [2.45, 2.75) is 0 Å². The molecule has 0 amide bonds. The molecule has 52 heavy (non-hydrogen) atoms. The summed E-state index contributed by atoms with van der Waals surface area (Å²) >= 11 is 0. The van der Waals surface area contributed by atoms with Gasteiger partial charge < -0.3 is 18.9 Å². The molecule has 0 atom stereocenters. The molecule has 0 aliphatic heterocycles. The number of aromatic nitrogens is 2. The van der Waals surface area contributed by atoms with E-state index in [0.29, 0.717) is 0 Å². The van der Waals surface area contributed by atoms with E-state index >= 15 is 0 Å². The Balaban J connectivity index is 1.26. The summed E-state index contributed by atoms with van der Waals surface area (Å²) in [6, 6.07) is 64.9. The van der Waals surface area contributed by atoms with Gasteiger partial charge >= 0.3 is 0 Å². The van der Waals surface area contributed by atoms with Crippen LogP contribution in [0, 0.1) is 0 Å². The van der Waals surface area contributed by atoms with Crippen molar-refractivity contribution in [1.29, 1.82) is 0 Å². The normalized spacial score (nSPS) is 11.8. The number of benzene rings is 8. The fourth-order valence-electron chi connectivity index (χ4n) is 8.19. The molecule has 0 radical (unpaired) electrons. The number of aromatic amines is 1. The average Bonchev–Trinajstić information content (AvgIpc) is 3.88. The van der Waals surface area contributed by atoms with Gasteiger partial charge in [0.15, 0.2) is 0 Å². The van der Waals surface area contributed by atoms with E-state index in [-0.39, 0.29) is 0 Å². The highest BCUT2D eigenvalue weighted by Crippen LogP contribution is 2.49. The summed E-state index contributed by atoms with van der Waals surface area (Å²) in [6.07, 6.45) is 0. The van der Waals surface area contributed by atoms with Crippen LogP contribution in [0.1, 0.15) is 0 Å². The van der Waals surface area contributed by atoms with Gasteiger partial charge in [0.2, 0.25) is 0 Å². The Morgan fingerprint density at radius 1 is 0.442 bits per heavy atom. The predicted molar refractivity (Wildman–Crippen MR) is 218 cm³/mol. The lowest BCUT2D eigenvalue weighted by molar-refractivity contribution is 0.673. The Morgan fingerprint density at radius 3 is 1.90 bits per heavy atom. The predicted octanol–water partition coefficient (Wildman–Crippen LogP) is 13.5. The van der Waals surface area contributed by atoms with Gasteiger partial charge in [-0.15, -0.1) is 0 Å². The third-order valence-corrected chi connectivity index (χ3v) is 10.5. The fourth-order valence-corrected chi connectivity index (χ4v) is 8.19. The first-order valence-corrected chi connectivity index (χ1v) is 17.7. The summed E-state index contributed by atoms with van der Waals surface area (Å²) in [6.45, 7) is 0. The Labute approximate surface area is 299 Å². The Kier molecular flexibility index (Phi) is 6.22. The molecule has 0 aliphatic carbocycles. The zero-order valence-electron chi connectivity index (χ0n) is 28.1. The van der Waals surface area contributed by atoms with Crippen LogP contribution in [0.2, 0.25) is 0 Å². The molecule has 0 saturated heterocycles. The van der Waals surface area contributed by atoms with Crippen molar-refractivity contribution in [2.75, 3.05) is 4.90 Å². The van der Waals surface area contributed by atoms with Crippen LogP contribution in [0.3, 0.4) is 0 Å². The maximum absolute atomic E-state index is 6.93. The Hall–Kier alpha value is -7.04. The second kappa shape index (κ2) is 11.2. The highest BCUT2D eigenvalue weighted by Gasteiger charge is 2.26. The summed E-state index contributed by atoms with van der Waals surface area (Å²) in [5.74, 6) is 0. The van der Waals surface area contributed by atoms with Gasteiger partial charge in [0, 0.05) is 49.6 Å². The quantitative estimate of drug-likeness (QED) is 0.199. The number of nitrogens with one attached hydrogen (secondary N) is 1. The van der Waals surface area contributed by atoms with Gasteiger partial charge in [-0.1, -0.05) is 121 Å². The molecule has 0 saturated carbocycles. The number of rotatable bonds is 5. The second-order valence-corrected chi connectivity index (χ2v) is 13.4. The molecule has 8 aromatic carbocycles. The summed E-state index contributed by atoms with van der Waals surface area (Å²) in [7, 11) is 0. The molecular formula is C48H31N3O. The number of hydrogen-bond acceptors (Lipinski definition) is 2. The molecule has 0 bridgehead atoms. The highest BCUT2D eigenvalue weighted by atomic mass is 16.3. The zero-order chi connectivity index (χ0) is 34.2. The van der Waals surface area contributed by atoms with Crippen LogP contribution >= 0.6 is 0 Å². The van der Waals surface area contributed by atoms with Gasteiger partial charge in [0.05, 0.1) is 27.5 Å². The number of furan rings is 1. The molecule has 0 aliphatic rings. The molecule has 0 unspecified atom stereocenters. The lowest BCUT2D eigenvalue weighted by atomic mass is 10.0. The Morgan fingerprint density at radius 2 is 1.08 bits per heavy atom. The minimum absolute atomic E-state index is 0.869. The van der Waals surface area contributed by atoms with Crippen LogP contribution in [0.15, 0.2) is 186 Å². The van der Waals surface area contributed by atoms with Crippen molar-refractivity contribution in [3.8, 4) is 16.8 Å². The molecule has 3 heterocycles. The molecule has 0 spiro atoms. The average molecular weight is 666 g/mol. The van der Waals surface area contributed by atoms with Gasteiger partial charge in [-0.05, 0) is 71.8 Å². The lowest BCUT2D eigenvalue weighted by Gasteiger charge is -2.27. The third-order valence-electron chi connectivity index (χ3n) is 10.5. The summed E-state index contributed by atoms with van der Waals surface area (Å²) in [5.41, 5.74) is 12.8. The second-order valence-electron chi connectivity index (χ2n) is 13.4. The first-order chi connectivity index (χ1) is 25.8. The van der Waals surface area contributed by atoms with Crippen molar-refractivity contribution in [2.24, 2.45) is 0 Å². The first kappa shape index (κ1) is 28.8. The fraction of sp³-hybridized carbons (Fsp3) is 0.